The largest absolute Gasteiger partial charge is 0.480 e. The number of hydrogen-bond acceptors (Lipinski definition) is 4. The van der Waals surface area contributed by atoms with Gasteiger partial charge in [-0.25, -0.2) is 0 Å². The maximum Gasteiger partial charge on any atom is 0.151 e. The zero-order chi connectivity index (χ0) is 16.9. The lowest BCUT2D eigenvalue weighted by molar-refractivity contribution is -0.00916. The molecule has 0 saturated carbocycles. The SMILES string of the molecule is CC1NCCc2ccc3c(c21)OC(C)(c1ccc(Cl)cn1)CC3O. The number of aliphatic hydroxyl groups is 1. The molecule has 0 bridgehead atoms. The van der Waals surface area contributed by atoms with E-state index in [4.69, 9.17) is 16.3 Å². The van der Waals surface area contributed by atoms with Crippen molar-refractivity contribution in [3.8, 4) is 5.75 Å². The van der Waals surface area contributed by atoms with Crippen molar-refractivity contribution in [1.82, 2.24) is 10.3 Å². The van der Waals surface area contributed by atoms with Crippen molar-refractivity contribution in [3.05, 3.63) is 57.9 Å². The van der Waals surface area contributed by atoms with Crippen molar-refractivity contribution in [3.63, 3.8) is 0 Å². The minimum Gasteiger partial charge on any atom is -0.480 e. The molecule has 2 aliphatic rings. The molecule has 0 saturated heterocycles. The molecule has 24 heavy (non-hydrogen) atoms. The molecule has 3 heterocycles. The molecule has 0 radical (unpaired) electrons. The maximum absolute atomic E-state index is 10.7. The van der Waals surface area contributed by atoms with Crippen LogP contribution in [0.3, 0.4) is 0 Å². The molecule has 1 aromatic heterocycles. The van der Waals surface area contributed by atoms with Crippen LogP contribution in [-0.4, -0.2) is 16.6 Å². The zero-order valence-corrected chi connectivity index (χ0v) is 14.6. The molecule has 0 fully saturated rings. The Balaban J connectivity index is 1.82. The topological polar surface area (TPSA) is 54.4 Å². The number of nitrogens with one attached hydrogen (secondary N) is 1. The standard InChI is InChI=1S/C19H21ClN2O2/c1-11-17-12(7-8-21-11)3-5-14-15(23)9-19(2,24-18(14)17)16-6-4-13(20)10-22-16/h3-6,10-11,15,21,23H,7-9H2,1-2H3. The first-order valence-electron chi connectivity index (χ1n) is 8.36. The van der Waals surface area contributed by atoms with Gasteiger partial charge in [0, 0.05) is 29.8 Å². The predicted molar refractivity (Wildman–Crippen MR) is 93.4 cm³/mol. The summed E-state index contributed by atoms with van der Waals surface area (Å²) >= 11 is 5.96. The number of rotatable bonds is 1. The minimum absolute atomic E-state index is 0.205. The third kappa shape index (κ3) is 2.50. The predicted octanol–water partition coefficient (Wildman–Crippen LogP) is 3.67. The summed E-state index contributed by atoms with van der Waals surface area (Å²) in [6.45, 7) is 5.09. The third-order valence-corrected chi connectivity index (χ3v) is 5.36. The van der Waals surface area contributed by atoms with E-state index in [0.717, 1.165) is 35.5 Å². The Morgan fingerprint density at radius 1 is 1.33 bits per heavy atom. The maximum atomic E-state index is 10.7. The molecule has 5 heteroatoms. The van der Waals surface area contributed by atoms with Gasteiger partial charge in [-0.05, 0) is 44.5 Å². The van der Waals surface area contributed by atoms with Crippen LogP contribution >= 0.6 is 11.6 Å². The van der Waals surface area contributed by atoms with Gasteiger partial charge in [0.05, 0.1) is 16.8 Å². The second-order valence-corrected chi connectivity index (χ2v) is 7.33. The van der Waals surface area contributed by atoms with E-state index < -0.39 is 11.7 Å². The van der Waals surface area contributed by atoms with E-state index in [9.17, 15) is 5.11 Å². The quantitative estimate of drug-likeness (QED) is 0.828. The molecule has 2 aliphatic heterocycles. The molecule has 1 aromatic carbocycles. The van der Waals surface area contributed by atoms with Gasteiger partial charge >= 0.3 is 0 Å². The van der Waals surface area contributed by atoms with Crippen molar-refractivity contribution < 1.29 is 9.84 Å². The van der Waals surface area contributed by atoms with Crippen molar-refractivity contribution >= 4 is 11.6 Å². The number of halogens is 1. The molecule has 3 atom stereocenters. The van der Waals surface area contributed by atoms with Gasteiger partial charge in [-0.3, -0.25) is 4.98 Å². The summed E-state index contributed by atoms with van der Waals surface area (Å²) in [5.74, 6) is 0.810. The summed E-state index contributed by atoms with van der Waals surface area (Å²) in [5, 5.41) is 14.8. The fraction of sp³-hybridized carbons (Fsp3) is 0.421. The van der Waals surface area contributed by atoms with E-state index >= 15 is 0 Å². The number of hydrogen-bond donors (Lipinski definition) is 2. The third-order valence-electron chi connectivity index (χ3n) is 5.13. The molecule has 4 rings (SSSR count). The van der Waals surface area contributed by atoms with Gasteiger partial charge in [-0.2, -0.15) is 0 Å². The number of pyridine rings is 1. The van der Waals surface area contributed by atoms with Crippen LogP contribution in [0.2, 0.25) is 5.02 Å². The van der Waals surface area contributed by atoms with Gasteiger partial charge < -0.3 is 15.2 Å². The summed E-state index contributed by atoms with van der Waals surface area (Å²) in [5.41, 5.74) is 3.43. The first-order chi connectivity index (χ1) is 11.5. The van der Waals surface area contributed by atoms with Crippen LogP contribution in [0.1, 0.15) is 54.8 Å². The smallest absolute Gasteiger partial charge is 0.151 e. The highest BCUT2D eigenvalue weighted by atomic mass is 35.5. The van der Waals surface area contributed by atoms with E-state index in [1.807, 2.05) is 25.1 Å². The molecule has 0 aliphatic carbocycles. The highest BCUT2D eigenvalue weighted by Gasteiger charge is 2.41. The van der Waals surface area contributed by atoms with Gasteiger partial charge in [0.25, 0.3) is 0 Å². The number of nitrogens with zero attached hydrogens (tertiary/aromatic N) is 1. The van der Waals surface area contributed by atoms with E-state index in [1.165, 1.54) is 5.56 Å². The second-order valence-electron chi connectivity index (χ2n) is 6.90. The number of benzene rings is 1. The summed E-state index contributed by atoms with van der Waals surface area (Å²) < 4.78 is 6.48. The molecule has 0 amide bonds. The average molecular weight is 345 g/mol. The molecular formula is C19H21ClN2O2. The van der Waals surface area contributed by atoms with Gasteiger partial charge in [0.1, 0.15) is 5.75 Å². The van der Waals surface area contributed by atoms with E-state index in [-0.39, 0.29) is 6.04 Å². The first-order valence-corrected chi connectivity index (χ1v) is 8.74. The van der Waals surface area contributed by atoms with Gasteiger partial charge in [-0.15, -0.1) is 0 Å². The van der Waals surface area contributed by atoms with E-state index in [1.54, 1.807) is 6.20 Å². The Morgan fingerprint density at radius 2 is 2.17 bits per heavy atom. The van der Waals surface area contributed by atoms with E-state index in [0.29, 0.717) is 11.4 Å². The van der Waals surface area contributed by atoms with Crippen LogP contribution in [0.4, 0.5) is 0 Å². The Labute approximate surface area is 146 Å². The fourth-order valence-corrected chi connectivity index (χ4v) is 3.95. The average Bonchev–Trinajstić information content (AvgIpc) is 2.55. The lowest BCUT2D eigenvalue weighted by Crippen LogP contribution is -2.38. The molecule has 4 nitrogen and oxygen atoms in total. The molecular weight excluding hydrogens is 324 g/mol. The monoisotopic (exact) mass is 344 g/mol. The van der Waals surface area contributed by atoms with Crippen molar-refractivity contribution in [1.29, 1.82) is 0 Å². The number of fused-ring (bicyclic) bond motifs is 3. The summed E-state index contributed by atoms with van der Waals surface area (Å²) in [6, 6.07) is 8.02. The van der Waals surface area contributed by atoms with Crippen LogP contribution in [0.25, 0.3) is 0 Å². The summed E-state index contributed by atoms with van der Waals surface area (Å²) in [4.78, 5) is 4.43. The highest BCUT2D eigenvalue weighted by molar-refractivity contribution is 6.30. The molecule has 2 aromatic rings. The van der Waals surface area contributed by atoms with Gasteiger partial charge in [0.15, 0.2) is 5.60 Å². The van der Waals surface area contributed by atoms with Crippen molar-refractivity contribution in [2.45, 2.75) is 44.4 Å². The molecule has 126 valence electrons. The second kappa shape index (κ2) is 5.73. The Kier molecular flexibility index (Phi) is 3.79. The zero-order valence-electron chi connectivity index (χ0n) is 13.8. The Hall–Kier alpha value is -1.62. The van der Waals surface area contributed by atoms with Gasteiger partial charge in [0.2, 0.25) is 0 Å². The van der Waals surface area contributed by atoms with Crippen molar-refractivity contribution in [2.75, 3.05) is 6.54 Å². The van der Waals surface area contributed by atoms with Crippen LogP contribution < -0.4 is 10.1 Å². The van der Waals surface area contributed by atoms with Crippen LogP contribution in [0, 0.1) is 0 Å². The molecule has 0 spiro atoms. The minimum atomic E-state index is -0.677. The lowest BCUT2D eigenvalue weighted by Gasteiger charge is -2.40. The fourth-order valence-electron chi connectivity index (χ4n) is 3.84. The van der Waals surface area contributed by atoms with Gasteiger partial charge in [-0.1, -0.05) is 23.7 Å². The summed E-state index contributed by atoms with van der Waals surface area (Å²) in [6.07, 6.45) is 2.49. The molecule has 3 unspecified atom stereocenters. The normalized spacial score (nSPS) is 28.7. The van der Waals surface area contributed by atoms with Crippen molar-refractivity contribution in [2.24, 2.45) is 0 Å². The van der Waals surface area contributed by atoms with E-state index in [2.05, 4.69) is 23.3 Å². The Bertz CT molecular complexity index is 778. The van der Waals surface area contributed by atoms with Crippen LogP contribution in [-0.2, 0) is 12.0 Å². The highest BCUT2D eigenvalue weighted by Crippen LogP contribution is 2.48. The Morgan fingerprint density at radius 3 is 2.92 bits per heavy atom. The van der Waals surface area contributed by atoms with Crippen LogP contribution in [0.15, 0.2) is 30.5 Å². The summed E-state index contributed by atoms with van der Waals surface area (Å²) in [7, 11) is 0. The van der Waals surface area contributed by atoms with Crippen LogP contribution in [0.5, 0.6) is 5.75 Å². The number of ether oxygens (including phenoxy) is 1. The lowest BCUT2D eigenvalue weighted by atomic mass is 9.83. The number of aromatic nitrogens is 1. The first kappa shape index (κ1) is 15.9. The number of aliphatic hydroxyl groups excluding tert-OH is 1. The molecule has 2 N–H and O–H groups in total.